The lowest BCUT2D eigenvalue weighted by atomic mass is 10.2. The molecular weight excluding hydrogens is 486 g/mol. The van der Waals surface area contributed by atoms with Gasteiger partial charge >= 0.3 is 0 Å². The van der Waals surface area contributed by atoms with Crippen LogP contribution in [0.25, 0.3) is 6.08 Å². The maximum atomic E-state index is 12.5. The van der Waals surface area contributed by atoms with Crippen LogP contribution in [-0.2, 0) is 11.4 Å². The number of amides is 2. The molecule has 1 saturated heterocycles. The second kappa shape index (κ2) is 11.1. The molecule has 0 aromatic heterocycles. The van der Waals surface area contributed by atoms with Crippen molar-refractivity contribution in [2.24, 2.45) is 10.7 Å². The number of benzene rings is 3. The third-order valence-corrected chi connectivity index (χ3v) is 6.08. The van der Waals surface area contributed by atoms with E-state index in [1.807, 2.05) is 49.4 Å². The second-order valence-electron chi connectivity index (χ2n) is 7.42. The maximum Gasteiger partial charge on any atom is 0.264 e. The predicted molar refractivity (Wildman–Crippen MR) is 139 cm³/mol. The van der Waals surface area contributed by atoms with Gasteiger partial charge in [0, 0.05) is 5.02 Å². The fourth-order valence-electron chi connectivity index (χ4n) is 3.26. The van der Waals surface area contributed by atoms with Gasteiger partial charge in [0.05, 0.1) is 22.8 Å². The maximum absolute atomic E-state index is 12.5. The number of rotatable bonds is 8. The summed E-state index contributed by atoms with van der Waals surface area (Å²) in [6.45, 7) is 2.71. The summed E-state index contributed by atoms with van der Waals surface area (Å²) in [6.07, 6.45) is 1.74. The molecule has 9 heteroatoms. The number of hydrogen-bond donors (Lipinski definition) is 2. The number of carbonyl (C=O) groups is 2. The number of nitrogens with two attached hydrogens (primary N) is 1. The molecule has 35 heavy (non-hydrogen) atoms. The van der Waals surface area contributed by atoms with Gasteiger partial charge in [0.2, 0.25) is 0 Å². The number of ether oxygens (including phenoxy) is 2. The lowest BCUT2D eigenvalue weighted by Crippen LogP contribution is -2.19. The van der Waals surface area contributed by atoms with Crippen LogP contribution in [0.4, 0.5) is 5.69 Å². The molecule has 1 heterocycles. The van der Waals surface area contributed by atoms with Crippen LogP contribution in [0.1, 0.15) is 28.4 Å². The van der Waals surface area contributed by atoms with E-state index >= 15 is 0 Å². The molecule has 1 aliphatic rings. The molecule has 0 radical (unpaired) electrons. The molecule has 1 fully saturated rings. The summed E-state index contributed by atoms with van der Waals surface area (Å²) in [5, 5.41) is 3.75. The van der Waals surface area contributed by atoms with Gasteiger partial charge in [-0.15, -0.1) is 0 Å². The van der Waals surface area contributed by atoms with E-state index < -0.39 is 5.91 Å². The highest BCUT2D eigenvalue weighted by Crippen LogP contribution is 2.33. The lowest BCUT2D eigenvalue weighted by Gasteiger charge is -2.13. The van der Waals surface area contributed by atoms with Gasteiger partial charge in [0.15, 0.2) is 16.7 Å². The van der Waals surface area contributed by atoms with Crippen LogP contribution in [0.2, 0.25) is 5.02 Å². The van der Waals surface area contributed by atoms with Gasteiger partial charge in [0.25, 0.3) is 11.8 Å². The van der Waals surface area contributed by atoms with E-state index in [1.54, 1.807) is 30.3 Å². The molecule has 0 unspecified atom stereocenters. The van der Waals surface area contributed by atoms with E-state index in [1.165, 1.54) is 11.8 Å². The van der Waals surface area contributed by atoms with E-state index in [0.29, 0.717) is 45.5 Å². The molecule has 2 amide bonds. The summed E-state index contributed by atoms with van der Waals surface area (Å²) in [4.78, 5) is 29.0. The van der Waals surface area contributed by atoms with Gasteiger partial charge in [-0.25, -0.2) is 4.99 Å². The van der Waals surface area contributed by atoms with Gasteiger partial charge in [-0.05, 0) is 72.3 Å². The van der Waals surface area contributed by atoms with Crippen molar-refractivity contribution in [2.45, 2.75) is 13.5 Å². The topological polar surface area (TPSA) is 103 Å². The quantitative estimate of drug-likeness (QED) is 0.402. The van der Waals surface area contributed by atoms with Crippen molar-refractivity contribution in [3.05, 3.63) is 93.3 Å². The number of hydrogen-bond acceptors (Lipinski definition) is 6. The molecular formula is C26H22ClN3O4S. The van der Waals surface area contributed by atoms with Crippen LogP contribution >= 0.6 is 23.4 Å². The molecule has 0 atom stereocenters. The lowest BCUT2D eigenvalue weighted by molar-refractivity contribution is -0.115. The summed E-state index contributed by atoms with van der Waals surface area (Å²) in [7, 11) is 0. The number of nitrogens with zero attached hydrogens (tertiary/aromatic N) is 1. The van der Waals surface area contributed by atoms with Gasteiger partial charge in [-0.2, -0.15) is 0 Å². The highest BCUT2D eigenvalue weighted by molar-refractivity contribution is 8.18. The fourth-order valence-corrected chi connectivity index (χ4v) is 4.23. The Morgan fingerprint density at radius 1 is 1.09 bits per heavy atom. The third kappa shape index (κ3) is 6.23. The highest BCUT2D eigenvalue weighted by Gasteiger charge is 2.24. The predicted octanol–water partition coefficient (Wildman–Crippen LogP) is 5.31. The van der Waals surface area contributed by atoms with Gasteiger partial charge in [-0.3, -0.25) is 9.59 Å². The van der Waals surface area contributed by atoms with E-state index in [0.717, 1.165) is 11.1 Å². The van der Waals surface area contributed by atoms with Crippen molar-refractivity contribution in [2.75, 3.05) is 6.61 Å². The average Bonchev–Trinajstić information content (AvgIpc) is 3.18. The molecule has 3 N–H and O–H groups in total. The van der Waals surface area contributed by atoms with Gasteiger partial charge in [-0.1, -0.05) is 41.9 Å². The van der Waals surface area contributed by atoms with Gasteiger partial charge in [0.1, 0.15) is 6.61 Å². The monoisotopic (exact) mass is 507 g/mol. The minimum atomic E-state index is -0.586. The first kappa shape index (κ1) is 24.4. The Morgan fingerprint density at radius 3 is 2.60 bits per heavy atom. The largest absolute Gasteiger partial charge is 0.490 e. The molecule has 0 bridgehead atoms. The number of halogens is 1. The summed E-state index contributed by atoms with van der Waals surface area (Å²) >= 11 is 7.12. The van der Waals surface area contributed by atoms with Crippen LogP contribution in [0, 0.1) is 0 Å². The molecule has 0 saturated carbocycles. The number of para-hydroxylation sites is 1. The van der Waals surface area contributed by atoms with Crippen molar-refractivity contribution in [3.63, 3.8) is 0 Å². The van der Waals surface area contributed by atoms with Crippen LogP contribution in [-0.4, -0.2) is 23.6 Å². The van der Waals surface area contributed by atoms with E-state index in [9.17, 15) is 9.59 Å². The first-order valence-corrected chi connectivity index (χ1v) is 11.9. The van der Waals surface area contributed by atoms with Crippen molar-refractivity contribution < 1.29 is 19.1 Å². The second-order valence-corrected chi connectivity index (χ2v) is 8.88. The number of nitrogens with one attached hydrogen (secondary N) is 1. The zero-order chi connectivity index (χ0) is 24.8. The van der Waals surface area contributed by atoms with Crippen molar-refractivity contribution in [3.8, 4) is 11.5 Å². The molecule has 178 valence electrons. The first-order chi connectivity index (χ1) is 16.9. The summed E-state index contributed by atoms with van der Waals surface area (Å²) in [5.74, 6) is 0.296. The Morgan fingerprint density at radius 2 is 1.86 bits per heavy atom. The minimum Gasteiger partial charge on any atom is -0.490 e. The molecule has 0 aliphatic carbocycles. The van der Waals surface area contributed by atoms with E-state index in [-0.39, 0.29) is 11.5 Å². The van der Waals surface area contributed by atoms with Crippen LogP contribution in [0.3, 0.4) is 0 Å². The van der Waals surface area contributed by atoms with E-state index in [4.69, 9.17) is 26.8 Å². The standard InChI is InChI=1S/C26H22ClN3O4S/c1-2-33-22-13-17(9-12-21(22)34-15-16-7-10-18(27)11-8-16)14-23-25(32)30-26(35-23)29-20-6-4-3-5-19(20)24(28)31/h3-14H,2,15H2,1H3,(H2,28,31)(H,29,30,32)/b23-14-. The molecule has 4 rings (SSSR count). The molecule has 3 aromatic carbocycles. The summed E-state index contributed by atoms with van der Waals surface area (Å²) < 4.78 is 11.7. The zero-order valence-corrected chi connectivity index (χ0v) is 20.4. The number of aliphatic imine (C=N–C) groups is 1. The van der Waals surface area contributed by atoms with Crippen molar-refractivity contribution >= 4 is 52.1 Å². The Kier molecular flexibility index (Phi) is 7.74. The normalized spacial score (nSPS) is 15.3. The first-order valence-electron chi connectivity index (χ1n) is 10.8. The summed E-state index contributed by atoms with van der Waals surface area (Å²) in [5.41, 5.74) is 7.84. The number of thioether (sulfide) groups is 1. The van der Waals surface area contributed by atoms with Crippen molar-refractivity contribution in [1.29, 1.82) is 0 Å². The molecule has 1 aliphatic heterocycles. The number of carbonyl (C=O) groups excluding carboxylic acids is 2. The Hall–Kier alpha value is -3.75. The molecule has 3 aromatic rings. The highest BCUT2D eigenvalue weighted by atomic mass is 35.5. The summed E-state index contributed by atoms with van der Waals surface area (Å²) in [6, 6.07) is 19.6. The van der Waals surface area contributed by atoms with Crippen molar-refractivity contribution in [1.82, 2.24) is 5.32 Å². The third-order valence-electron chi connectivity index (χ3n) is 4.92. The SMILES string of the molecule is CCOc1cc(/C=C2\SC(=Nc3ccccc3C(N)=O)NC2=O)ccc1OCc1ccc(Cl)cc1. The molecule has 0 spiro atoms. The Balaban J connectivity index is 1.52. The number of primary amides is 1. The fraction of sp³-hybridized carbons (Fsp3) is 0.115. The Labute approximate surface area is 212 Å². The molecule has 7 nitrogen and oxygen atoms in total. The minimum absolute atomic E-state index is 0.280. The van der Waals surface area contributed by atoms with E-state index in [2.05, 4.69) is 10.3 Å². The zero-order valence-electron chi connectivity index (χ0n) is 18.8. The van der Waals surface area contributed by atoms with Crippen LogP contribution < -0.4 is 20.5 Å². The van der Waals surface area contributed by atoms with Crippen LogP contribution in [0.15, 0.2) is 76.6 Å². The average molecular weight is 508 g/mol. The van der Waals surface area contributed by atoms with Gasteiger partial charge < -0.3 is 20.5 Å². The smallest absolute Gasteiger partial charge is 0.264 e. The van der Waals surface area contributed by atoms with Crippen LogP contribution in [0.5, 0.6) is 11.5 Å². The Bertz CT molecular complexity index is 1320. The number of amidine groups is 1.